The number of rotatable bonds is 4. The van der Waals surface area contributed by atoms with Crippen LogP contribution in [0.5, 0.6) is 0 Å². The lowest BCUT2D eigenvalue weighted by molar-refractivity contribution is 0.0954. The van der Waals surface area contributed by atoms with E-state index in [1.165, 1.54) is 4.88 Å². The van der Waals surface area contributed by atoms with Gasteiger partial charge < -0.3 is 11.1 Å². The topological polar surface area (TPSA) is 68.0 Å². The quantitative estimate of drug-likeness (QED) is 0.835. The highest BCUT2D eigenvalue weighted by Gasteiger charge is 2.09. The zero-order valence-electron chi connectivity index (χ0n) is 10.9. The molecule has 4 nitrogen and oxygen atoms in total. The smallest absolute Gasteiger partial charge is 0.252 e. The minimum absolute atomic E-state index is 0.134. The molecule has 0 saturated carbocycles. The molecule has 20 heavy (non-hydrogen) atoms. The van der Waals surface area contributed by atoms with Gasteiger partial charge in [0, 0.05) is 23.8 Å². The summed E-state index contributed by atoms with van der Waals surface area (Å²) in [5.74, 6) is 5.47. The van der Waals surface area contributed by atoms with Crippen LogP contribution in [0.25, 0.3) is 0 Å². The number of hydrogen-bond acceptors (Lipinski definition) is 4. The summed E-state index contributed by atoms with van der Waals surface area (Å²) in [5.41, 5.74) is 6.48. The molecule has 2 rings (SSSR count). The van der Waals surface area contributed by atoms with Crippen LogP contribution < -0.4 is 11.1 Å². The largest absolute Gasteiger partial charge is 0.352 e. The van der Waals surface area contributed by atoms with Crippen LogP contribution in [0.4, 0.5) is 0 Å². The van der Waals surface area contributed by atoms with Crippen LogP contribution in [-0.2, 0) is 6.42 Å². The van der Waals surface area contributed by atoms with Crippen LogP contribution in [0.2, 0.25) is 0 Å². The standard InChI is InChI=1S/C15H15N3OS/c16-7-1-3-12-11-17-8-6-14(12)15(19)18-9-5-13-4-2-10-20-13/h2,4,6,8,10-11H,5,7,9,16H2,(H,18,19). The fraction of sp³-hybridized carbons (Fsp3) is 0.200. The summed E-state index contributed by atoms with van der Waals surface area (Å²) < 4.78 is 0. The number of nitrogens with zero attached hydrogens (tertiary/aromatic N) is 1. The third kappa shape index (κ3) is 3.92. The Morgan fingerprint density at radius 1 is 1.45 bits per heavy atom. The third-order valence-electron chi connectivity index (χ3n) is 2.63. The highest BCUT2D eigenvalue weighted by molar-refractivity contribution is 7.09. The van der Waals surface area contributed by atoms with Crippen LogP contribution in [0, 0.1) is 11.8 Å². The van der Waals surface area contributed by atoms with E-state index < -0.39 is 0 Å². The van der Waals surface area contributed by atoms with Crippen molar-refractivity contribution in [2.24, 2.45) is 5.73 Å². The summed E-state index contributed by atoms with van der Waals surface area (Å²) in [7, 11) is 0. The van der Waals surface area contributed by atoms with Crippen molar-refractivity contribution in [2.45, 2.75) is 6.42 Å². The van der Waals surface area contributed by atoms with Gasteiger partial charge in [0.15, 0.2) is 0 Å². The molecule has 0 bridgehead atoms. The van der Waals surface area contributed by atoms with Gasteiger partial charge in [-0.25, -0.2) is 0 Å². The van der Waals surface area contributed by atoms with E-state index >= 15 is 0 Å². The molecular formula is C15H15N3OS. The highest BCUT2D eigenvalue weighted by Crippen LogP contribution is 2.09. The van der Waals surface area contributed by atoms with Crippen molar-refractivity contribution in [3.63, 3.8) is 0 Å². The monoisotopic (exact) mass is 285 g/mol. The summed E-state index contributed by atoms with van der Waals surface area (Å²) in [6.07, 6.45) is 4.00. The normalized spacial score (nSPS) is 9.65. The van der Waals surface area contributed by atoms with Gasteiger partial charge in [-0.2, -0.15) is 0 Å². The van der Waals surface area contributed by atoms with Gasteiger partial charge in [0.2, 0.25) is 0 Å². The second-order valence-corrected chi connectivity index (χ2v) is 5.04. The molecule has 0 aliphatic rings. The number of nitrogens with two attached hydrogens (primary N) is 1. The first-order chi connectivity index (χ1) is 9.81. The van der Waals surface area contributed by atoms with E-state index in [9.17, 15) is 4.79 Å². The number of thiophene rings is 1. The Balaban J connectivity index is 1.98. The van der Waals surface area contributed by atoms with Gasteiger partial charge in [-0.15, -0.1) is 11.3 Å². The maximum atomic E-state index is 12.1. The summed E-state index contributed by atoms with van der Waals surface area (Å²) in [4.78, 5) is 17.4. The zero-order chi connectivity index (χ0) is 14.2. The zero-order valence-corrected chi connectivity index (χ0v) is 11.7. The maximum absolute atomic E-state index is 12.1. The number of nitrogens with one attached hydrogen (secondary N) is 1. The van der Waals surface area contributed by atoms with Crippen molar-refractivity contribution < 1.29 is 4.79 Å². The Labute approximate surface area is 122 Å². The van der Waals surface area contributed by atoms with Crippen molar-refractivity contribution in [1.82, 2.24) is 10.3 Å². The molecule has 0 aliphatic heterocycles. The fourth-order valence-electron chi connectivity index (χ4n) is 1.69. The van der Waals surface area contributed by atoms with Gasteiger partial charge in [0.1, 0.15) is 0 Å². The molecule has 0 saturated heterocycles. The van der Waals surface area contributed by atoms with Crippen molar-refractivity contribution in [3.05, 3.63) is 52.0 Å². The van der Waals surface area contributed by atoms with Crippen molar-refractivity contribution in [1.29, 1.82) is 0 Å². The molecule has 0 fully saturated rings. The fourth-order valence-corrected chi connectivity index (χ4v) is 2.40. The Bertz CT molecular complexity index is 626. The van der Waals surface area contributed by atoms with Gasteiger partial charge in [0.05, 0.1) is 17.7 Å². The van der Waals surface area contributed by atoms with Crippen molar-refractivity contribution in [2.75, 3.05) is 13.1 Å². The number of carbonyl (C=O) groups is 1. The summed E-state index contributed by atoms with van der Waals surface area (Å²) in [5, 5.41) is 4.92. The number of amides is 1. The number of pyridine rings is 1. The molecule has 2 aromatic heterocycles. The van der Waals surface area contributed by atoms with Gasteiger partial charge in [-0.3, -0.25) is 9.78 Å². The van der Waals surface area contributed by atoms with E-state index in [0.29, 0.717) is 17.7 Å². The highest BCUT2D eigenvalue weighted by atomic mass is 32.1. The van der Waals surface area contributed by atoms with Gasteiger partial charge in [0.25, 0.3) is 5.91 Å². The second-order valence-electron chi connectivity index (χ2n) is 4.01. The Hall–Kier alpha value is -2.16. The molecule has 0 aliphatic carbocycles. The van der Waals surface area contributed by atoms with Crippen LogP contribution in [-0.4, -0.2) is 24.0 Å². The number of carbonyl (C=O) groups excluding carboxylic acids is 1. The van der Waals surface area contributed by atoms with Crippen LogP contribution in [0.15, 0.2) is 36.0 Å². The minimum atomic E-state index is -0.134. The predicted octanol–water partition coefficient (Wildman–Crippen LogP) is 1.43. The van der Waals surface area contributed by atoms with E-state index in [2.05, 4.69) is 28.2 Å². The van der Waals surface area contributed by atoms with Crippen LogP contribution >= 0.6 is 11.3 Å². The Morgan fingerprint density at radius 2 is 2.35 bits per heavy atom. The minimum Gasteiger partial charge on any atom is -0.352 e. The molecule has 0 unspecified atom stereocenters. The maximum Gasteiger partial charge on any atom is 0.252 e. The molecule has 2 heterocycles. The van der Waals surface area contributed by atoms with E-state index in [1.54, 1.807) is 29.8 Å². The molecule has 0 aromatic carbocycles. The molecular weight excluding hydrogens is 270 g/mol. The first kappa shape index (κ1) is 14.3. The van der Waals surface area contributed by atoms with Gasteiger partial charge in [-0.1, -0.05) is 17.9 Å². The molecule has 5 heteroatoms. The Morgan fingerprint density at radius 3 is 3.10 bits per heavy atom. The van der Waals surface area contributed by atoms with E-state index in [-0.39, 0.29) is 12.5 Å². The number of hydrogen-bond donors (Lipinski definition) is 2. The van der Waals surface area contributed by atoms with E-state index in [4.69, 9.17) is 5.73 Å². The average Bonchev–Trinajstić information content (AvgIpc) is 2.98. The second kappa shape index (κ2) is 7.43. The summed E-state index contributed by atoms with van der Waals surface area (Å²) in [6.45, 7) is 0.861. The predicted molar refractivity (Wildman–Crippen MR) is 80.5 cm³/mol. The van der Waals surface area contributed by atoms with E-state index in [0.717, 1.165) is 6.42 Å². The summed E-state index contributed by atoms with van der Waals surface area (Å²) >= 11 is 1.69. The molecule has 2 aromatic rings. The molecule has 1 amide bonds. The van der Waals surface area contributed by atoms with Crippen molar-refractivity contribution >= 4 is 17.2 Å². The first-order valence-corrected chi connectivity index (χ1v) is 7.12. The lowest BCUT2D eigenvalue weighted by atomic mass is 10.1. The first-order valence-electron chi connectivity index (χ1n) is 6.25. The molecule has 0 radical (unpaired) electrons. The molecule has 3 N–H and O–H groups in total. The molecule has 0 atom stereocenters. The summed E-state index contributed by atoms with van der Waals surface area (Å²) in [6, 6.07) is 5.73. The lowest BCUT2D eigenvalue weighted by Gasteiger charge is -2.05. The molecule has 102 valence electrons. The van der Waals surface area contributed by atoms with Gasteiger partial charge in [-0.05, 0) is 23.9 Å². The van der Waals surface area contributed by atoms with Crippen LogP contribution in [0.3, 0.4) is 0 Å². The van der Waals surface area contributed by atoms with Gasteiger partial charge >= 0.3 is 0 Å². The molecule has 0 spiro atoms. The average molecular weight is 285 g/mol. The lowest BCUT2D eigenvalue weighted by Crippen LogP contribution is -2.26. The van der Waals surface area contributed by atoms with Crippen molar-refractivity contribution in [3.8, 4) is 11.8 Å². The number of aromatic nitrogens is 1. The van der Waals surface area contributed by atoms with E-state index in [1.807, 2.05) is 11.4 Å². The van der Waals surface area contributed by atoms with Crippen LogP contribution in [0.1, 0.15) is 20.8 Å². The third-order valence-corrected chi connectivity index (χ3v) is 3.56. The Kier molecular flexibility index (Phi) is 5.30. The SMILES string of the molecule is NCC#Cc1cnccc1C(=O)NCCc1cccs1.